The summed E-state index contributed by atoms with van der Waals surface area (Å²) in [7, 11) is 0. The predicted molar refractivity (Wildman–Crippen MR) is 136 cm³/mol. The van der Waals surface area contributed by atoms with Crippen LogP contribution in [0, 0.1) is 0 Å². The van der Waals surface area contributed by atoms with Gasteiger partial charge in [-0.3, -0.25) is 0 Å². The Kier molecular flexibility index (Phi) is 5.54. The van der Waals surface area contributed by atoms with Gasteiger partial charge in [0.05, 0.1) is 11.0 Å². The molecule has 2 bridgehead atoms. The highest BCUT2D eigenvalue weighted by molar-refractivity contribution is 5.72. The Morgan fingerprint density at radius 1 is 0.935 bits per heavy atom. The second-order valence-electron chi connectivity index (χ2n) is 8.71. The second kappa shape index (κ2) is 8.15. The molecule has 2 aliphatic carbocycles. The maximum absolute atomic E-state index is 5.05. The summed E-state index contributed by atoms with van der Waals surface area (Å²) in [6, 6.07) is 4.27. The molecule has 1 nitrogen and oxygen atoms in total. The Hall–Kier alpha value is -3.19. The first-order valence-electron chi connectivity index (χ1n) is 11.1. The van der Waals surface area contributed by atoms with E-state index in [1.165, 1.54) is 30.4 Å². The van der Waals surface area contributed by atoms with Crippen molar-refractivity contribution in [2.45, 2.75) is 44.9 Å². The summed E-state index contributed by atoms with van der Waals surface area (Å²) in [4.78, 5) is 5.05. The highest BCUT2D eigenvalue weighted by Crippen LogP contribution is 2.53. The van der Waals surface area contributed by atoms with Crippen molar-refractivity contribution in [2.24, 2.45) is 0 Å². The monoisotopic (exact) mass is 405 g/mol. The lowest BCUT2D eigenvalue weighted by molar-refractivity contribution is 0.709. The molecule has 1 saturated carbocycles. The molecule has 0 N–H and O–H groups in total. The fourth-order valence-electron chi connectivity index (χ4n) is 5.25. The highest BCUT2D eigenvalue weighted by Gasteiger charge is 2.40. The van der Waals surface area contributed by atoms with Crippen molar-refractivity contribution in [3.05, 3.63) is 92.4 Å². The quantitative estimate of drug-likeness (QED) is 0.648. The van der Waals surface area contributed by atoms with Gasteiger partial charge < -0.3 is 0 Å². The molecule has 1 aromatic heterocycles. The maximum atomic E-state index is 5.05. The van der Waals surface area contributed by atoms with Gasteiger partial charge in [-0.15, -0.1) is 0 Å². The molecule has 2 atom stereocenters. The molecular formula is C30H31N. The molecule has 4 rings (SSSR count). The van der Waals surface area contributed by atoms with Crippen LogP contribution in [0.25, 0.3) is 43.1 Å². The van der Waals surface area contributed by atoms with Gasteiger partial charge in [0, 0.05) is 10.8 Å². The van der Waals surface area contributed by atoms with Crippen LogP contribution >= 0.6 is 0 Å². The van der Waals surface area contributed by atoms with Crippen molar-refractivity contribution in [2.75, 3.05) is 0 Å². The first kappa shape index (κ1) is 21.1. The summed E-state index contributed by atoms with van der Waals surface area (Å²) in [5.74, 6) is 1.14. The fraction of sp³-hybridized carbons (Fsp3) is 0.233. The number of hydrogen-bond acceptors (Lipinski definition) is 1. The van der Waals surface area contributed by atoms with E-state index < -0.39 is 0 Å². The number of allylic oxidation sites excluding steroid dienone is 5. The van der Waals surface area contributed by atoms with E-state index in [4.69, 9.17) is 4.98 Å². The van der Waals surface area contributed by atoms with Gasteiger partial charge in [0.25, 0.3) is 0 Å². The van der Waals surface area contributed by atoms with E-state index in [1.54, 1.807) is 0 Å². The molecule has 0 spiro atoms. The number of aromatic nitrogens is 1. The molecule has 31 heavy (non-hydrogen) atoms. The fourth-order valence-corrected chi connectivity index (χ4v) is 5.25. The van der Waals surface area contributed by atoms with E-state index in [0.717, 1.165) is 49.0 Å². The van der Waals surface area contributed by atoms with Crippen LogP contribution in [0.2, 0.25) is 0 Å². The maximum Gasteiger partial charge on any atom is 0.0753 e. The van der Waals surface area contributed by atoms with Gasteiger partial charge in [-0.25, -0.2) is 4.98 Å². The first-order chi connectivity index (χ1) is 14.9. The van der Waals surface area contributed by atoms with E-state index in [2.05, 4.69) is 57.2 Å². The molecule has 1 aromatic carbocycles. The van der Waals surface area contributed by atoms with Crippen LogP contribution in [0.1, 0.15) is 61.6 Å². The van der Waals surface area contributed by atoms with E-state index in [1.807, 2.05) is 32.1 Å². The van der Waals surface area contributed by atoms with Gasteiger partial charge in [-0.2, -0.15) is 0 Å². The molecule has 1 heteroatoms. The number of rotatable bonds is 5. The van der Waals surface area contributed by atoms with Crippen molar-refractivity contribution in [1.82, 2.24) is 4.98 Å². The minimum Gasteiger partial charge on any atom is -0.248 e. The highest BCUT2D eigenvalue weighted by atomic mass is 14.7. The van der Waals surface area contributed by atoms with Crippen LogP contribution in [0.3, 0.4) is 0 Å². The predicted octanol–water partition coefficient (Wildman–Crippen LogP) is 4.85. The minimum atomic E-state index is 0.560. The van der Waals surface area contributed by atoms with Gasteiger partial charge in [0.15, 0.2) is 0 Å². The van der Waals surface area contributed by atoms with Crippen LogP contribution in [0.5, 0.6) is 0 Å². The second-order valence-corrected chi connectivity index (χ2v) is 8.71. The number of pyridine rings is 1. The normalized spacial score (nSPS) is 20.1. The largest absolute Gasteiger partial charge is 0.248 e. The van der Waals surface area contributed by atoms with Gasteiger partial charge in [0.2, 0.25) is 0 Å². The average molecular weight is 406 g/mol. The summed E-state index contributed by atoms with van der Waals surface area (Å²) in [5.41, 5.74) is 7.87. The molecule has 2 unspecified atom stereocenters. The molecule has 2 aromatic rings. The van der Waals surface area contributed by atoms with Crippen LogP contribution in [0.4, 0.5) is 0 Å². The standard InChI is InChI=1S/C30H31N/c1-8-10-18(3)19(4)16-27-22(7)31-30(29-25-13-12-24(17-25)28(27)29)26-15-14-23(11-9-2)20(5)21(26)6/h8-11,14-16,24-25H,3-7,12-13,17H2,1-2H3. The van der Waals surface area contributed by atoms with Crippen LogP contribution in [-0.4, -0.2) is 4.98 Å². The van der Waals surface area contributed by atoms with Gasteiger partial charge in [0.1, 0.15) is 0 Å². The topological polar surface area (TPSA) is 12.9 Å². The van der Waals surface area contributed by atoms with Crippen molar-refractivity contribution in [1.29, 1.82) is 0 Å². The molecule has 0 aliphatic heterocycles. The third-order valence-electron chi connectivity index (χ3n) is 6.81. The Morgan fingerprint density at radius 2 is 1.65 bits per heavy atom. The molecule has 156 valence electrons. The van der Waals surface area contributed by atoms with E-state index >= 15 is 0 Å². The number of benzene rings is 1. The average Bonchev–Trinajstić information content (AvgIpc) is 3.36. The lowest BCUT2D eigenvalue weighted by atomic mass is 9.86. The number of hydrogen-bond donors (Lipinski definition) is 0. The summed E-state index contributed by atoms with van der Waals surface area (Å²) in [5, 5.41) is 3.85. The molecule has 1 fully saturated rings. The SMILES string of the molecule is C=C(C=CC)C(=C)C=c1c2c(c(-c3ccc(C=CC)c(=C)c3=C)nc1=C)C1CCC2C1. The lowest BCUT2D eigenvalue weighted by Crippen LogP contribution is -2.35. The first-order valence-corrected chi connectivity index (χ1v) is 11.1. The molecule has 2 aliphatic rings. The zero-order chi connectivity index (χ0) is 22.3. The van der Waals surface area contributed by atoms with Crippen LogP contribution in [-0.2, 0) is 0 Å². The van der Waals surface area contributed by atoms with Gasteiger partial charge >= 0.3 is 0 Å². The van der Waals surface area contributed by atoms with E-state index in [9.17, 15) is 0 Å². The van der Waals surface area contributed by atoms with E-state index in [0.29, 0.717) is 11.8 Å². The third-order valence-corrected chi connectivity index (χ3v) is 6.81. The summed E-state index contributed by atoms with van der Waals surface area (Å²) >= 11 is 0. The summed E-state index contributed by atoms with van der Waals surface area (Å²) < 4.78 is 0. The molecular weight excluding hydrogens is 374 g/mol. The summed E-state index contributed by atoms with van der Waals surface area (Å²) in [6.45, 7) is 25.4. The van der Waals surface area contributed by atoms with E-state index in [-0.39, 0.29) is 0 Å². The molecule has 0 amide bonds. The van der Waals surface area contributed by atoms with Gasteiger partial charge in [-0.1, -0.05) is 69.3 Å². The Labute approximate surface area is 185 Å². The molecule has 0 saturated heterocycles. The molecule has 0 radical (unpaired) electrons. The van der Waals surface area contributed by atoms with Gasteiger partial charge in [-0.05, 0) is 89.3 Å². The number of fused-ring (bicyclic) bond motifs is 5. The zero-order valence-corrected chi connectivity index (χ0v) is 18.8. The molecule has 1 heterocycles. The Balaban J connectivity index is 1.99. The van der Waals surface area contributed by atoms with Crippen molar-refractivity contribution >= 4 is 31.9 Å². The Morgan fingerprint density at radius 3 is 2.32 bits per heavy atom. The number of nitrogens with zero attached hydrogens (tertiary/aromatic N) is 1. The Bertz CT molecular complexity index is 1370. The lowest BCUT2D eigenvalue weighted by Gasteiger charge is -2.20. The summed E-state index contributed by atoms with van der Waals surface area (Å²) in [6.07, 6.45) is 13.9. The van der Waals surface area contributed by atoms with Crippen molar-refractivity contribution in [3.8, 4) is 11.3 Å². The van der Waals surface area contributed by atoms with Crippen molar-refractivity contribution in [3.63, 3.8) is 0 Å². The van der Waals surface area contributed by atoms with Crippen LogP contribution < -0.4 is 21.0 Å². The third kappa shape index (κ3) is 3.49. The zero-order valence-electron chi connectivity index (χ0n) is 18.8. The minimum absolute atomic E-state index is 0.560. The smallest absolute Gasteiger partial charge is 0.0753 e. The van der Waals surface area contributed by atoms with Crippen molar-refractivity contribution < 1.29 is 0 Å². The van der Waals surface area contributed by atoms with Crippen LogP contribution in [0.15, 0.2) is 54.7 Å².